The lowest BCUT2D eigenvalue weighted by Crippen LogP contribution is -2.45. The molecule has 2 fully saturated rings. The maximum atomic E-state index is 12.0. The summed E-state index contributed by atoms with van der Waals surface area (Å²) in [4.78, 5) is 48.9. The quantitative estimate of drug-likeness (QED) is 0.481. The van der Waals surface area contributed by atoms with Gasteiger partial charge in [0.25, 0.3) is 0 Å². The van der Waals surface area contributed by atoms with Crippen molar-refractivity contribution in [2.45, 2.75) is 32.2 Å². The van der Waals surface area contributed by atoms with Crippen LogP contribution in [0.1, 0.15) is 26.2 Å². The highest BCUT2D eigenvalue weighted by atomic mass is 32.2. The zero-order chi connectivity index (χ0) is 17.2. The van der Waals surface area contributed by atoms with E-state index in [2.05, 4.69) is 5.32 Å². The van der Waals surface area contributed by atoms with Crippen molar-refractivity contribution in [3.63, 3.8) is 0 Å². The van der Waals surface area contributed by atoms with E-state index in [9.17, 15) is 27.6 Å². The Morgan fingerprint density at radius 2 is 1.87 bits per heavy atom. The number of unbranched alkanes of at least 4 members (excludes halogenated alkanes) is 1. The van der Waals surface area contributed by atoms with Gasteiger partial charge in [-0.25, -0.2) is 18.1 Å². The lowest BCUT2D eigenvalue weighted by Gasteiger charge is -2.16. The summed E-state index contributed by atoms with van der Waals surface area (Å²) in [7, 11) is -3.14. The number of sulfone groups is 1. The van der Waals surface area contributed by atoms with Crippen LogP contribution in [0.15, 0.2) is 0 Å². The number of carbonyl (C=O) groups excluding carboxylic acids is 4. The average Bonchev–Trinajstić information content (AvgIpc) is 2.90. The fourth-order valence-corrected chi connectivity index (χ4v) is 4.20. The average molecular weight is 345 g/mol. The Balaban J connectivity index is 1.94. The molecule has 128 valence electrons. The van der Waals surface area contributed by atoms with E-state index >= 15 is 0 Å². The molecule has 2 rings (SSSR count). The Morgan fingerprint density at radius 3 is 2.43 bits per heavy atom. The molecule has 0 aromatic heterocycles. The van der Waals surface area contributed by atoms with Gasteiger partial charge in [0.2, 0.25) is 5.91 Å². The summed E-state index contributed by atoms with van der Waals surface area (Å²) < 4.78 is 22.7. The number of nitrogens with one attached hydrogen (secondary N) is 1. The Bertz CT molecular complexity index is 644. The third-order valence-electron chi connectivity index (χ3n) is 3.77. The van der Waals surface area contributed by atoms with Gasteiger partial charge in [-0.2, -0.15) is 0 Å². The number of amides is 5. The first-order valence-corrected chi connectivity index (χ1v) is 9.24. The van der Waals surface area contributed by atoms with Crippen LogP contribution in [0.25, 0.3) is 0 Å². The number of carbonyl (C=O) groups is 4. The van der Waals surface area contributed by atoms with Crippen molar-refractivity contribution in [1.82, 2.24) is 15.1 Å². The first-order chi connectivity index (χ1) is 10.7. The normalized spacial score (nSPS) is 23.7. The van der Waals surface area contributed by atoms with E-state index in [-0.39, 0.29) is 18.1 Å². The molecule has 2 aliphatic heterocycles. The lowest BCUT2D eigenvalue weighted by molar-refractivity contribution is -0.144. The third kappa shape index (κ3) is 3.87. The molecule has 0 bridgehead atoms. The smallest absolute Gasteiger partial charge is 0.334 e. The molecule has 0 aliphatic carbocycles. The molecule has 10 heteroatoms. The van der Waals surface area contributed by atoms with Crippen LogP contribution in [0.5, 0.6) is 0 Å². The van der Waals surface area contributed by atoms with Crippen LogP contribution in [0.3, 0.4) is 0 Å². The molecule has 1 atom stereocenters. The topological polar surface area (TPSA) is 121 Å². The maximum Gasteiger partial charge on any atom is 0.334 e. The van der Waals surface area contributed by atoms with Crippen molar-refractivity contribution < 1.29 is 27.6 Å². The summed E-state index contributed by atoms with van der Waals surface area (Å²) in [5.41, 5.74) is 0. The van der Waals surface area contributed by atoms with Gasteiger partial charge in [-0.1, -0.05) is 13.3 Å². The molecule has 23 heavy (non-hydrogen) atoms. The summed E-state index contributed by atoms with van der Waals surface area (Å²) in [5, 5.41) is 2.48. The van der Waals surface area contributed by atoms with Crippen LogP contribution in [-0.2, 0) is 24.2 Å². The van der Waals surface area contributed by atoms with Gasteiger partial charge in [0.05, 0.1) is 11.5 Å². The molecule has 0 aromatic carbocycles. The van der Waals surface area contributed by atoms with Gasteiger partial charge < -0.3 is 5.32 Å². The molecular weight excluding hydrogens is 326 g/mol. The van der Waals surface area contributed by atoms with E-state index in [0.717, 1.165) is 11.3 Å². The number of imide groups is 2. The SMILES string of the molecule is CCCCN1C(=O)C(=O)N(CC(=O)N[C@@H]2CCS(=O)(=O)C2)C1=O. The first-order valence-electron chi connectivity index (χ1n) is 7.42. The summed E-state index contributed by atoms with van der Waals surface area (Å²) in [5.74, 6) is -2.76. The van der Waals surface area contributed by atoms with E-state index in [1.165, 1.54) is 0 Å². The monoisotopic (exact) mass is 345 g/mol. The van der Waals surface area contributed by atoms with Crippen LogP contribution < -0.4 is 5.32 Å². The van der Waals surface area contributed by atoms with Gasteiger partial charge in [-0.05, 0) is 12.8 Å². The van der Waals surface area contributed by atoms with E-state index in [1.807, 2.05) is 6.92 Å². The largest absolute Gasteiger partial charge is 0.351 e. The molecule has 0 unspecified atom stereocenters. The standard InChI is InChI=1S/C13H19N3O6S/c1-2-3-5-15-11(18)12(19)16(13(15)20)7-10(17)14-9-4-6-23(21,22)8-9/h9H,2-8H2,1H3,(H,14,17)/t9-/m1/s1. The summed E-state index contributed by atoms with van der Waals surface area (Å²) in [6.45, 7) is 1.44. The Hall–Kier alpha value is -1.97. The fraction of sp³-hybridized carbons (Fsp3) is 0.692. The number of hydrogen-bond acceptors (Lipinski definition) is 6. The minimum absolute atomic E-state index is 0.00278. The highest BCUT2D eigenvalue weighted by molar-refractivity contribution is 7.91. The minimum atomic E-state index is -3.14. The molecule has 0 saturated carbocycles. The first kappa shape index (κ1) is 17.4. The predicted molar refractivity (Wildman–Crippen MR) is 78.9 cm³/mol. The number of nitrogens with zero attached hydrogens (tertiary/aromatic N) is 2. The molecule has 1 N–H and O–H groups in total. The van der Waals surface area contributed by atoms with Crippen molar-refractivity contribution in [1.29, 1.82) is 0 Å². The molecule has 5 amide bonds. The van der Waals surface area contributed by atoms with Gasteiger partial charge in [0.1, 0.15) is 6.54 Å². The molecule has 0 aromatic rings. The summed E-state index contributed by atoms with van der Waals surface area (Å²) in [6, 6.07) is -1.32. The van der Waals surface area contributed by atoms with Crippen molar-refractivity contribution >= 4 is 33.6 Å². The van der Waals surface area contributed by atoms with Crippen molar-refractivity contribution in [3.8, 4) is 0 Å². The highest BCUT2D eigenvalue weighted by Gasteiger charge is 2.45. The Morgan fingerprint density at radius 1 is 1.22 bits per heavy atom. The van der Waals surface area contributed by atoms with Crippen molar-refractivity contribution in [2.24, 2.45) is 0 Å². The van der Waals surface area contributed by atoms with Crippen LogP contribution in [0.2, 0.25) is 0 Å². The molecule has 2 heterocycles. The summed E-state index contributed by atoms with van der Waals surface area (Å²) in [6.07, 6.45) is 1.63. The molecule has 0 radical (unpaired) electrons. The zero-order valence-corrected chi connectivity index (χ0v) is 13.6. The minimum Gasteiger partial charge on any atom is -0.351 e. The molecule has 2 saturated heterocycles. The van der Waals surface area contributed by atoms with Gasteiger partial charge in [0.15, 0.2) is 9.84 Å². The van der Waals surface area contributed by atoms with Crippen LogP contribution in [-0.4, -0.2) is 72.6 Å². The third-order valence-corrected chi connectivity index (χ3v) is 5.54. The van der Waals surface area contributed by atoms with Gasteiger partial charge in [-0.3, -0.25) is 19.3 Å². The highest BCUT2D eigenvalue weighted by Crippen LogP contribution is 2.14. The lowest BCUT2D eigenvalue weighted by atomic mass is 10.2. The fourth-order valence-electron chi connectivity index (χ4n) is 2.53. The van der Waals surface area contributed by atoms with Crippen LogP contribution in [0.4, 0.5) is 4.79 Å². The summed E-state index contributed by atoms with van der Waals surface area (Å²) >= 11 is 0. The molecule has 2 aliphatic rings. The predicted octanol–water partition coefficient (Wildman–Crippen LogP) is -1.12. The van der Waals surface area contributed by atoms with Crippen molar-refractivity contribution in [2.75, 3.05) is 24.6 Å². The van der Waals surface area contributed by atoms with Crippen LogP contribution in [0, 0.1) is 0 Å². The van der Waals surface area contributed by atoms with E-state index < -0.39 is 46.2 Å². The maximum absolute atomic E-state index is 12.0. The second kappa shape index (κ2) is 6.65. The van der Waals surface area contributed by atoms with Gasteiger partial charge in [0, 0.05) is 12.6 Å². The molecule has 0 spiro atoms. The van der Waals surface area contributed by atoms with Crippen molar-refractivity contribution in [3.05, 3.63) is 0 Å². The Labute approximate surface area is 133 Å². The second-order valence-electron chi connectivity index (χ2n) is 5.65. The second-order valence-corrected chi connectivity index (χ2v) is 7.88. The van der Waals surface area contributed by atoms with Gasteiger partial charge >= 0.3 is 17.8 Å². The van der Waals surface area contributed by atoms with Crippen LogP contribution >= 0.6 is 0 Å². The van der Waals surface area contributed by atoms with E-state index in [4.69, 9.17) is 0 Å². The van der Waals surface area contributed by atoms with E-state index in [0.29, 0.717) is 17.7 Å². The van der Waals surface area contributed by atoms with Gasteiger partial charge in [-0.15, -0.1) is 0 Å². The zero-order valence-electron chi connectivity index (χ0n) is 12.8. The number of rotatable bonds is 6. The number of hydrogen-bond donors (Lipinski definition) is 1. The molecular formula is C13H19N3O6S. The Kier molecular flexibility index (Phi) is 5.03. The number of urea groups is 1. The molecule has 9 nitrogen and oxygen atoms in total. The van der Waals surface area contributed by atoms with E-state index in [1.54, 1.807) is 0 Å².